The van der Waals surface area contributed by atoms with Crippen molar-refractivity contribution < 1.29 is 14.3 Å². The Morgan fingerprint density at radius 2 is 1.64 bits per heavy atom. The average Bonchev–Trinajstić information content (AvgIpc) is 2.50. The van der Waals surface area contributed by atoms with Gasteiger partial charge in [-0.15, -0.1) is 0 Å². The number of amides is 1. The number of hydrogen-bond acceptors (Lipinski definition) is 3. The maximum Gasteiger partial charge on any atom is 0.311 e. The average molecular weight is 318 g/mol. The van der Waals surface area contributed by atoms with Crippen LogP contribution >= 0.6 is 11.6 Å². The summed E-state index contributed by atoms with van der Waals surface area (Å²) in [4.78, 5) is 23.4. The summed E-state index contributed by atoms with van der Waals surface area (Å²) in [5.74, 6) is -0.202. The van der Waals surface area contributed by atoms with Crippen molar-refractivity contribution in [1.82, 2.24) is 0 Å². The first-order chi connectivity index (χ1) is 10.5. The molecule has 5 heteroatoms. The highest BCUT2D eigenvalue weighted by Crippen LogP contribution is 2.15. The van der Waals surface area contributed by atoms with Crippen LogP contribution in [0.4, 0.5) is 5.69 Å². The van der Waals surface area contributed by atoms with E-state index in [9.17, 15) is 9.59 Å². The molecule has 1 amide bonds. The van der Waals surface area contributed by atoms with Crippen LogP contribution in [0.25, 0.3) is 0 Å². The highest BCUT2D eigenvalue weighted by Gasteiger charge is 2.09. The zero-order chi connectivity index (χ0) is 15.9. The van der Waals surface area contributed by atoms with Gasteiger partial charge in [-0.3, -0.25) is 9.59 Å². The number of ether oxygens (including phenoxy) is 1. The highest BCUT2D eigenvalue weighted by atomic mass is 35.5. The van der Waals surface area contributed by atoms with Gasteiger partial charge < -0.3 is 10.1 Å². The van der Waals surface area contributed by atoms with Crippen LogP contribution in [-0.2, 0) is 9.59 Å². The summed E-state index contributed by atoms with van der Waals surface area (Å²) in [5.41, 5.74) is 1.73. The summed E-state index contributed by atoms with van der Waals surface area (Å²) in [7, 11) is 0. The molecule has 1 N–H and O–H groups in total. The summed E-state index contributed by atoms with van der Waals surface area (Å²) in [6, 6.07) is 13.9. The molecular formula is C17H16ClNO3. The van der Waals surface area contributed by atoms with Crippen LogP contribution in [0.2, 0.25) is 5.02 Å². The molecule has 114 valence electrons. The quantitative estimate of drug-likeness (QED) is 0.670. The van der Waals surface area contributed by atoms with Gasteiger partial charge in [-0.25, -0.2) is 0 Å². The van der Waals surface area contributed by atoms with E-state index in [4.69, 9.17) is 16.3 Å². The molecule has 0 fully saturated rings. The highest BCUT2D eigenvalue weighted by molar-refractivity contribution is 6.30. The molecule has 0 atom stereocenters. The van der Waals surface area contributed by atoms with Gasteiger partial charge in [0.15, 0.2) is 0 Å². The van der Waals surface area contributed by atoms with E-state index in [0.717, 1.165) is 5.56 Å². The molecule has 22 heavy (non-hydrogen) atoms. The number of esters is 1. The van der Waals surface area contributed by atoms with E-state index in [-0.39, 0.29) is 18.7 Å². The molecule has 4 nitrogen and oxygen atoms in total. The number of nitrogens with one attached hydrogen (secondary N) is 1. The van der Waals surface area contributed by atoms with Crippen molar-refractivity contribution in [3.05, 3.63) is 59.1 Å². The third kappa shape index (κ3) is 5.22. The van der Waals surface area contributed by atoms with E-state index in [0.29, 0.717) is 16.5 Å². The molecule has 0 saturated heterocycles. The number of aryl methyl sites for hydroxylation is 1. The molecule has 0 aliphatic carbocycles. The van der Waals surface area contributed by atoms with Gasteiger partial charge in [0.2, 0.25) is 5.91 Å². The zero-order valence-corrected chi connectivity index (χ0v) is 12.9. The summed E-state index contributed by atoms with van der Waals surface area (Å²) in [6.45, 7) is 1.95. The number of anilines is 1. The van der Waals surface area contributed by atoms with Crippen molar-refractivity contribution in [2.75, 3.05) is 5.32 Å². The van der Waals surface area contributed by atoms with E-state index in [2.05, 4.69) is 5.32 Å². The minimum absolute atomic E-state index is 0.0211. The molecule has 0 aliphatic heterocycles. The van der Waals surface area contributed by atoms with Crippen LogP contribution in [0.1, 0.15) is 18.4 Å². The minimum atomic E-state index is -0.435. The molecule has 0 aromatic heterocycles. The Bertz CT molecular complexity index is 591. The molecular weight excluding hydrogens is 302 g/mol. The van der Waals surface area contributed by atoms with Crippen molar-refractivity contribution >= 4 is 29.2 Å². The number of carbonyl (C=O) groups excluding carboxylic acids is 2. The molecule has 0 radical (unpaired) electrons. The Morgan fingerprint density at radius 3 is 2.27 bits per heavy atom. The maximum atomic E-state index is 11.7. The lowest BCUT2D eigenvalue weighted by Crippen LogP contribution is -2.15. The van der Waals surface area contributed by atoms with Crippen LogP contribution in [0.3, 0.4) is 0 Å². The van der Waals surface area contributed by atoms with Gasteiger partial charge in [-0.1, -0.05) is 29.3 Å². The summed E-state index contributed by atoms with van der Waals surface area (Å²) in [6.07, 6.45) is 0.0839. The predicted octanol–water partition coefficient (Wildman–Crippen LogP) is 3.97. The van der Waals surface area contributed by atoms with E-state index < -0.39 is 5.97 Å². The first-order valence-corrected chi connectivity index (χ1v) is 7.23. The van der Waals surface area contributed by atoms with Crippen LogP contribution in [0, 0.1) is 6.92 Å². The van der Waals surface area contributed by atoms with Gasteiger partial charge in [0.1, 0.15) is 5.75 Å². The number of benzene rings is 2. The fourth-order valence-corrected chi connectivity index (χ4v) is 1.89. The van der Waals surface area contributed by atoms with E-state index in [1.165, 1.54) is 0 Å². The smallest absolute Gasteiger partial charge is 0.311 e. The van der Waals surface area contributed by atoms with Crippen LogP contribution in [0.15, 0.2) is 48.5 Å². The Hall–Kier alpha value is -2.33. The first kappa shape index (κ1) is 16.0. The van der Waals surface area contributed by atoms with Crippen molar-refractivity contribution in [1.29, 1.82) is 0 Å². The topological polar surface area (TPSA) is 55.4 Å². The Kier molecular flexibility index (Phi) is 5.55. The summed E-state index contributed by atoms with van der Waals surface area (Å²) >= 11 is 5.76. The Labute approximate surface area is 134 Å². The van der Waals surface area contributed by atoms with Gasteiger partial charge in [0.05, 0.1) is 6.42 Å². The van der Waals surface area contributed by atoms with Crippen LogP contribution in [-0.4, -0.2) is 11.9 Å². The molecule has 0 spiro atoms. The Balaban J connectivity index is 1.76. The summed E-state index contributed by atoms with van der Waals surface area (Å²) in [5, 5.41) is 3.29. The molecule has 2 aromatic carbocycles. The van der Waals surface area contributed by atoms with Gasteiger partial charge in [-0.2, -0.15) is 0 Å². The SMILES string of the molecule is Cc1ccc(OC(=O)CCC(=O)Nc2ccc(Cl)cc2)cc1. The van der Waals surface area contributed by atoms with Gasteiger partial charge in [0.25, 0.3) is 0 Å². The third-order valence-corrected chi connectivity index (χ3v) is 3.19. The predicted molar refractivity (Wildman–Crippen MR) is 86.1 cm³/mol. The second-order valence-electron chi connectivity index (χ2n) is 4.84. The molecule has 0 bridgehead atoms. The van der Waals surface area contributed by atoms with Gasteiger partial charge in [-0.05, 0) is 43.3 Å². The lowest BCUT2D eigenvalue weighted by atomic mass is 10.2. The lowest BCUT2D eigenvalue weighted by molar-refractivity contribution is -0.135. The zero-order valence-electron chi connectivity index (χ0n) is 12.1. The fraction of sp³-hybridized carbons (Fsp3) is 0.176. The van der Waals surface area contributed by atoms with Crippen molar-refractivity contribution in [2.45, 2.75) is 19.8 Å². The first-order valence-electron chi connectivity index (χ1n) is 6.86. The van der Waals surface area contributed by atoms with Gasteiger partial charge in [0, 0.05) is 17.1 Å². The second-order valence-corrected chi connectivity index (χ2v) is 5.28. The second kappa shape index (κ2) is 7.61. The molecule has 2 rings (SSSR count). The normalized spacial score (nSPS) is 10.1. The lowest BCUT2D eigenvalue weighted by Gasteiger charge is -2.06. The van der Waals surface area contributed by atoms with E-state index in [1.54, 1.807) is 36.4 Å². The number of halogens is 1. The molecule has 0 heterocycles. The van der Waals surface area contributed by atoms with Gasteiger partial charge >= 0.3 is 5.97 Å². The van der Waals surface area contributed by atoms with E-state index >= 15 is 0 Å². The molecule has 0 aliphatic rings. The number of carbonyl (C=O) groups is 2. The third-order valence-electron chi connectivity index (χ3n) is 2.94. The summed E-state index contributed by atoms with van der Waals surface area (Å²) < 4.78 is 5.15. The minimum Gasteiger partial charge on any atom is -0.427 e. The van der Waals surface area contributed by atoms with Crippen molar-refractivity contribution in [3.63, 3.8) is 0 Å². The maximum absolute atomic E-state index is 11.7. The largest absolute Gasteiger partial charge is 0.427 e. The standard InChI is InChI=1S/C17H16ClNO3/c1-12-2-8-15(9-3-12)22-17(21)11-10-16(20)19-14-6-4-13(18)5-7-14/h2-9H,10-11H2,1H3,(H,19,20). The fourth-order valence-electron chi connectivity index (χ4n) is 1.76. The molecule has 0 unspecified atom stereocenters. The molecule has 2 aromatic rings. The molecule has 0 saturated carbocycles. The van der Waals surface area contributed by atoms with Crippen LogP contribution < -0.4 is 10.1 Å². The Morgan fingerprint density at radius 1 is 1.00 bits per heavy atom. The van der Waals surface area contributed by atoms with Crippen LogP contribution in [0.5, 0.6) is 5.75 Å². The van der Waals surface area contributed by atoms with Crippen molar-refractivity contribution in [3.8, 4) is 5.75 Å². The number of rotatable bonds is 5. The van der Waals surface area contributed by atoms with Crippen molar-refractivity contribution in [2.24, 2.45) is 0 Å². The number of hydrogen-bond donors (Lipinski definition) is 1. The van der Waals surface area contributed by atoms with E-state index in [1.807, 2.05) is 19.1 Å². The monoisotopic (exact) mass is 317 g/mol.